The molecule has 2 rings (SSSR count). The molecule has 1 N–H and O–H groups in total. The average Bonchev–Trinajstić information content (AvgIpc) is 2.74. The third-order valence-electron chi connectivity index (χ3n) is 2.49. The Morgan fingerprint density at radius 2 is 2.54 bits per heavy atom. The minimum atomic E-state index is 0. The highest BCUT2D eigenvalue weighted by molar-refractivity contribution is 5.85. The molecule has 1 aliphatic heterocycles. The molecule has 0 bridgehead atoms. The summed E-state index contributed by atoms with van der Waals surface area (Å²) in [6.07, 6.45) is 6.26. The first-order valence-corrected chi connectivity index (χ1v) is 4.64. The molecule has 1 atom stereocenters. The van der Waals surface area contributed by atoms with E-state index in [1.54, 1.807) is 0 Å². The number of nitrogens with zero attached hydrogens (tertiary/aromatic N) is 2. The van der Waals surface area contributed by atoms with Crippen LogP contribution in [0.5, 0.6) is 0 Å². The Morgan fingerprint density at radius 3 is 3.15 bits per heavy atom. The zero-order chi connectivity index (χ0) is 8.39. The normalized spacial score (nSPS) is 21.5. The van der Waals surface area contributed by atoms with Crippen LogP contribution in [0.1, 0.15) is 25.2 Å². The molecular formula is C9H16ClN3. The third kappa shape index (κ3) is 2.03. The summed E-state index contributed by atoms with van der Waals surface area (Å²) in [6, 6.07) is 0.641. The quantitative estimate of drug-likeness (QED) is 0.784. The molecule has 0 amide bonds. The summed E-state index contributed by atoms with van der Waals surface area (Å²) in [5, 5.41) is 3.36. The van der Waals surface area contributed by atoms with E-state index in [1.807, 2.05) is 6.20 Å². The van der Waals surface area contributed by atoms with Gasteiger partial charge in [-0.05, 0) is 13.0 Å². The predicted octanol–water partition coefficient (Wildman–Crippen LogP) is 1.40. The summed E-state index contributed by atoms with van der Waals surface area (Å²) in [5.41, 5.74) is 0. The van der Waals surface area contributed by atoms with Gasteiger partial charge in [-0.25, -0.2) is 4.98 Å². The second kappa shape index (κ2) is 4.63. The SMILES string of the molecule is CCc1nccn1C1CCNC1.Cl. The molecule has 1 aliphatic rings. The molecule has 3 nitrogen and oxygen atoms in total. The van der Waals surface area contributed by atoms with Gasteiger partial charge in [-0.2, -0.15) is 0 Å². The fraction of sp³-hybridized carbons (Fsp3) is 0.667. The third-order valence-corrected chi connectivity index (χ3v) is 2.49. The van der Waals surface area contributed by atoms with Gasteiger partial charge in [-0.3, -0.25) is 0 Å². The molecule has 1 unspecified atom stereocenters. The van der Waals surface area contributed by atoms with Crippen LogP contribution in [0.3, 0.4) is 0 Å². The van der Waals surface area contributed by atoms with Crippen molar-refractivity contribution < 1.29 is 0 Å². The van der Waals surface area contributed by atoms with Crippen LogP contribution in [0.15, 0.2) is 12.4 Å². The van der Waals surface area contributed by atoms with Gasteiger partial charge < -0.3 is 9.88 Å². The summed E-state index contributed by atoms with van der Waals surface area (Å²) in [5.74, 6) is 1.21. The van der Waals surface area contributed by atoms with E-state index in [1.165, 1.54) is 12.2 Å². The van der Waals surface area contributed by atoms with Crippen molar-refractivity contribution in [1.29, 1.82) is 0 Å². The summed E-state index contributed by atoms with van der Waals surface area (Å²) < 4.78 is 2.31. The highest BCUT2D eigenvalue weighted by atomic mass is 35.5. The molecule has 0 aliphatic carbocycles. The number of halogens is 1. The van der Waals surface area contributed by atoms with Gasteiger partial charge in [-0.15, -0.1) is 12.4 Å². The Labute approximate surface area is 85.0 Å². The lowest BCUT2D eigenvalue weighted by Gasteiger charge is -2.12. The number of hydrogen-bond donors (Lipinski definition) is 1. The largest absolute Gasteiger partial charge is 0.331 e. The molecule has 0 saturated carbocycles. The lowest BCUT2D eigenvalue weighted by atomic mass is 10.2. The highest BCUT2D eigenvalue weighted by Gasteiger charge is 2.17. The molecule has 1 saturated heterocycles. The standard InChI is InChI=1S/C9H15N3.ClH/c1-2-9-11-5-6-12(9)8-3-4-10-7-8;/h5-6,8,10H,2-4,7H2,1H3;1H. The molecule has 1 aromatic rings. The first-order chi connectivity index (χ1) is 5.92. The Bertz CT molecular complexity index is 253. The maximum absolute atomic E-state index is 4.31. The fourth-order valence-electron chi connectivity index (χ4n) is 1.83. The average molecular weight is 202 g/mol. The predicted molar refractivity (Wildman–Crippen MR) is 55.4 cm³/mol. The molecule has 0 radical (unpaired) electrons. The van der Waals surface area contributed by atoms with Crippen molar-refractivity contribution >= 4 is 12.4 Å². The van der Waals surface area contributed by atoms with E-state index in [0.29, 0.717) is 6.04 Å². The van der Waals surface area contributed by atoms with Crippen molar-refractivity contribution in [2.45, 2.75) is 25.8 Å². The molecule has 0 spiro atoms. The van der Waals surface area contributed by atoms with Crippen molar-refractivity contribution in [1.82, 2.24) is 14.9 Å². The lowest BCUT2D eigenvalue weighted by Crippen LogP contribution is -2.14. The molecule has 4 heteroatoms. The molecule has 1 fully saturated rings. The van der Waals surface area contributed by atoms with Crippen LogP contribution < -0.4 is 5.32 Å². The zero-order valence-electron chi connectivity index (χ0n) is 7.86. The minimum absolute atomic E-state index is 0. The molecule has 2 heterocycles. The van der Waals surface area contributed by atoms with E-state index in [0.717, 1.165) is 19.5 Å². The van der Waals surface area contributed by atoms with Gasteiger partial charge in [0.2, 0.25) is 0 Å². The van der Waals surface area contributed by atoms with Crippen molar-refractivity contribution in [3.63, 3.8) is 0 Å². The Kier molecular flexibility index (Phi) is 3.75. The minimum Gasteiger partial charge on any atom is -0.331 e. The van der Waals surface area contributed by atoms with Crippen molar-refractivity contribution in [3.8, 4) is 0 Å². The summed E-state index contributed by atoms with van der Waals surface area (Å²) >= 11 is 0. The first-order valence-electron chi connectivity index (χ1n) is 4.64. The molecule has 0 aromatic carbocycles. The Balaban J connectivity index is 0.000000845. The van der Waals surface area contributed by atoms with E-state index in [-0.39, 0.29) is 12.4 Å². The monoisotopic (exact) mass is 201 g/mol. The van der Waals surface area contributed by atoms with Crippen molar-refractivity contribution in [2.24, 2.45) is 0 Å². The molecular weight excluding hydrogens is 186 g/mol. The van der Waals surface area contributed by atoms with Crippen LogP contribution in [-0.4, -0.2) is 22.6 Å². The Morgan fingerprint density at radius 1 is 1.69 bits per heavy atom. The first kappa shape index (κ1) is 10.5. The van der Waals surface area contributed by atoms with E-state index in [2.05, 4.69) is 28.0 Å². The van der Waals surface area contributed by atoms with Gasteiger partial charge in [0.1, 0.15) is 5.82 Å². The van der Waals surface area contributed by atoms with Crippen LogP contribution in [-0.2, 0) is 6.42 Å². The second-order valence-electron chi connectivity index (χ2n) is 3.25. The summed E-state index contributed by atoms with van der Waals surface area (Å²) in [7, 11) is 0. The van der Waals surface area contributed by atoms with E-state index in [4.69, 9.17) is 0 Å². The van der Waals surface area contributed by atoms with Gasteiger partial charge in [0.25, 0.3) is 0 Å². The van der Waals surface area contributed by atoms with Crippen molar-refractivity contribution in [2.75, 3.05) is 13.1 Å². The maximum atomic E-state index is 4.31. The van der Waals surface area contributed by atoms with E-state index < -0.39 is 0 Å². The van der Waals surface area contributed by atoms with E-state index in [9.17, 15) is 0 Å². The number of hydrogen-bond acceptors (Lipinski definition) is 2. The second-order valence-corrected chi connectivity index (χ2v) is 3.25. The summed E-state index contributed by atoms with van der Waals surface area (Å²) in [4.78, 5) is 4.31. The van der Waals surface area contributed by atoms with Crippen LogP contribution in [0, 0.1) is 0 Å². The number of aromatic nitrogens is 2. The van der Waals surface area contributed by atoms with Gasteiger partial charge in [0, 0.05) is 31.4 Å². The van der Waals surface area contributed by atoms with Gasteiger partial charge >= 0.3 is 0 Å². The zero-order valence-corrected chi connectivity index (χ0v) is 8.68. The van der Waals surface area contributed by atoms with Gasteiger partial charge in [-0.1, -0.05) is 6.92 Å². The van der Waals surface area contributed by atoms with E-state index >= 15 is 0 Å². The molecule has 13 heavy (non-hydrogen) atoms. The number of imidazole rings is 1. The van der Waals surface area contributed by atoms with Gasteiger partial charge in [0.05, 0.1) is 0 Å². The fourth-order valence-corrected chi connectivity index (χ4v) is 1.83. The van der Waals surface area contributed by atoms with Crippen molar-refractivity contribution in [3.05, 3.63) is 18.2 Å². The number of aryl methyl sites for hydroxylation is 1. The smallest absolute Gasteiger partial charge is 0.108 e. The number of rotatable bonds is 2. The van der Waals surface area contributed by atoms with Crippen LogP contribution in [0.2, 0.25) is 0 Å². The lowest BCUT2D eigenvalue weighted by molar-refractivity contribution is 0.525. The highest BCUT2D eigenvalue weighted by Crippen LogP contribution is 2.16. The molecule has 1 aromatic heterocycles. The summed E-state index contributed by atoms with van der Waals surface area (Å²) in [6.45, 7) is 4.40. The maximum Gasteiger partial charge on any atom is 0.108 e. The van der Waals surface area contributed by atoms with Crippen LogP contribution in [0.4, 0.5) is 0 Å². The number of nitrogens with one attached hydrogen (secondary N) is 1. The van der Waals surface area contributed by atoms with Gasteiger partial charge in [0.15, 0.2) is 0 Å². The van der Waals surface area contributed by atoms with Crippen LogP contribution >= 0.6 is 12.4 Å². The molecule has 74 valence electrons. The van der Waals surface area contributed by atoms with Crippen LogP contribution in [0.25, 0.3) is 0 Å². The topological polar surface area (TPSA) is 29.9 Å². The Hall–Kier alpha value is -0.540.